The Bertz CT molecular complexity index is 211. The minimum Gasteiger partial charge on any atom is -0.481 e. The zero-order valence-electron chi connectivity index (χ0n) is 10.3. The van der Waals surface area contributed by atoms with E-state index in [0.29, 0.717) is 6.42 Å². The molecule has 1 saturated heterocycles. The molecular formula is C12H24ClNO2. The van der Waals surface area contributed by atoms with Crippen LogP contribution in [0.2, 0.25) is 0 Å². The summed E-state index contributed by atoms with van der Waals surface area (Å²) in [6.07, 6.45) is 4.70. The quantitative estimate of drug-likeness (QED) is 0.736. The van der Waals surface area contributed by atoms with E-state index in [0.717, 1.165) is 31.3 Å². The molecule has 1 aliphatic heterocycles. The number of aliphatic carboxylic acids is 1. The molecule has 4 heteroatoms. The van der Waals surface area contributed by atoms with Crippen molar-refractivity contribution in [1.29, 1.82) is 0 Å². The Morgan fingerprint density at radius 1 is 1.44 bits per heavy atom. The topological polar surface area (TPSA) is 40.5 Å². The maximum atomic E-state index is 10.4. The minimum atomic E-state index is -0.670. The Hall–Kier alpha value is -0.280. The van der Waals surface area contributed by atoms with Gasteiger partial charge in [-0.3, -0.25) is 4.79 Å². The normalized spacial score (nSPS) is 25.4. The first kappa shape index (κ1) is 15.7. The lowest BCUT2D eigenvalue weighted by molar-refractivity contribution is -0.137. The number of likely N-dealkylation sites (tertiary alicyclic amines) is 1. The van der Waals surface area contributed by atoms with Gasteiger partial charge in [-0.05, 0) is 38.1 Å². The molecule has 1 rings (SSSR count). The van der Waals surface area contributed by atoms with Crippen LogP contribution < -0.4 is 0 Å². The molecule has 0 bridgehead atoms. The van der Waals surface area contributed by atoms with Gasteiger partial charge in [-0.15, -0.1) is 12.4 Å². The lowest BCUT2D eigenvalue weighted by Gasteiger charge is -2.22. The fourth-order valence-corrected chi connectivity index (χ4v) is 2.53. The molecule has 96 valence electrons. The Kier molecular flexibility index (Phi) is 7.77. The van der Waals surface area contributed by atoms with Crippen LogP contribution in [0.3, 0.4) is 0 Å². The molecule has 1 aliphatic rings. The van der Waals surface area contributed by atoms with E-state index >= 15 is 0 Å². The molecule has 16 heavy (non-hydrogen) atoms. The monoisotopic (exact) mass is 249 g/mol. The third kappa shape index (κ3) is 5.17. The third-order valence-electron chi connectivity index (χ3n) is 3.29. The van der Waals surface area contributed by atoms with Gasteiger partial charge in [0, 0.05) is 19.0 Å². The molecule has 0 saturated carbocycles. The highest BCUT2D eigenvalue weighted by Gasteiger charge is 2.27. The van der Waals surface area contributed by atoms with Gasteiger partial charge in [-0.2, -0.15) is 0 Å². The van der Waals surface area contributed by atoms with Crippen LogP contribution in [-0.4, -0.2) is 35.1 Å². The number of unbranched alkanes of at least 4 members (excludes halogenated alkanes) is 1. The van der Waals surface area contributed by atoms with E-state index in [1.54, 1.807) is 0 Å². The summed E-state index contributed by atoms with van der Waals surface area (Å²) in [6.45, 7) is 6.83. The van der Waals surface area contributed by atoms with Crippen LogP contribution in [0.5, 0.6) is 0 Å². The molecule has 0 aromatic heterocycles. The van der Waals surface area contributed by atoms with Crippen molar-refractivity contribution < 1.29 is 9.90 Å². The van der Waals surface area contributed by atoms with Gasteiger partial charge >= 0.3 is 5.97 Å². The van der Waals surface area contributed by atoms with Crippen molar-refractivity contribution in [2.45, 2.75) is 52.0 Å². The predicted molar refractivity (Wildman–Crippen MR) is 68.2 cm³/mol. The van der Waals surface area contributed by atoms with Gasteiger partial charge < -0.3 is 10.0 Å². The van der Waals surface area contributed by atoms with Crippen LogP contribution in [0.25, 0.3) is 0 Å². The maximum absolute atomic E-state index is 10.4. The van der Waals surface area contributed by atoms with Crippen molar-refractivity contribution in [2.75, 3.05) is 13.1 Å². The number of nitrogens with zero attached hydrogens (tertiary/aromatic N) is 1. The standard InChI is InChI=1S/C12H23NO2.ClH/c1-3-11-8-10(2)9-13(11)7-5-4-6-12(14)15;/h10-11H,3-9H2,1-2H3,(H,14,15);1H. The van der Waals surface area contributed by atoms with E-state index < -0.39 is 5.97 Å². The van der Waals surface area contributed by atoms with E-state index in [1.807, 2.05) is 0 Å². The smallest absolute Gasteiger partial charge is 0.303 e. The van der Waals surface area contributed by atoms with Crippen LogP contribution in [0.1, 0.15) is 46.0 Å². The summed E-state index contributed by atoms with van der Waals surface area (Å²) >= 11 is 0. The molecule has 2 unspecified atom stereocenters. The average molecular weight is 250 g/mol. The highest BCUT2D eigenvalue weighted by Crippen LogP contribution is 2.25. The number of carboxylic acids is 1. The van der Waals surface area contributed by atoms with E-state index in [1.165, 1.54) is 19.4 Å². The lowest BCUT2D eigenvalue weighted by atomic mass is 10.1. The molecule has 0 spiro atoms. The third-order valence-corrected chi connectivity index (χ3v) is 3.29. The fourth-order valence-electron chi connectivity index (χ4n) is 2.53. The number of rotatable bonds is 6. The summed E-state index contributed by atoms with van der Waals surface area (Å²) in [4.78, 5) is 12.9. The van der Waals surface area contributed by atoms with Crippen LogP contribution in [0.4, 0.5) is 0 Å². The SMILES string of the molecule is CCC1CC(C)CN1CCCCC(=O)O.Cl. The summed E-state index contributed by atoms with van der Waals surface area (Å²) in [5.41, 5.74) is 0. The zero-order chi connectivity index (χ0) is 11.3. The largest absolute Gasteiger partial charge is 0.481 e. The fraction of sp³-hybridized carbons (Fsp3) is 0.917. The van der Waals surface area contributed by atoms with E-state index in [-0.39, 0.29) is 12.4 Å². The first-order chi connectivity index (χ1) is 7.13. The van der Waals surface area contributed by atoms with Crippen LogP contribution >= 0.6 is 12.4 Å². The summed E-state index contributed by atoms with van der Waals surface area (Å²) in [5.74, 6) is 0.145. The van der Waals surface area contributed by atoms with E-state index in [9.17, 15) is 4.79 Å². The van der Waals surface area contributed by atoms with Crippen molar-refractivity contribution in [3.63, 3.8) is 0 Å². The highest BCUT2D eigenvalue weighted by molar-refractivity contribution is 5.85. The minimum absolute atomic E-state index is 0. The maximum Gasteiger partial charge on any atom is 0.303 e. The summed E-state index contributed by atoms with van der Waals surface area (Å²) in [7, 11) is 0. The number of carboxylic acid groups (broad SMARTS) is 1. The first-order valence-corrected chi connectivity index (χ1v) is 6.09. The van der Waals surface area contributed by atoms with Crippen molar-refractivity contribution >= 4 is 18.4 Å². The van der Waals surface area contributed by atoms with Gasteiger partial charge in [-0.1, -0.05) is 13.8 Å². The number of halogens is 1. The number of hydrogen-bond acceptors (Lipinski definition) is 2. The Morgan fingerprint density at radius 3 is 2.69 bits per heavy atom. The van der Waals surface area contributed by atoms with Gasteiger partial charge in [0.05, 0.1) is 0 Å². The van der Waals surface area contributed by atoms with Crippen LogP contribution in [0, 0.1) is 5.92 Å². The molecule has 0 radical (unpaired) electrons. The zero-order valence-corrected chi connectivity index (χ0v) is 11.1. The van der Waals surface area contributed by atoms with Gasteiger partial charge in [0.1, 0.15) is 0 Å². The molecule has 2 atom stereocenters. The first-order valence-electron chi connectivity index (χ1n) is 6.09. The van der Waals surface area contributed by atoms with Crippen molar-refractivity contribution in [1.82, 2.24) is 4.90 Å². The van der Waals surface area contributed by atoms with Gasteiger partial charge in [0.15, 0.2) is 0 Å². The van der Waals surface area contributed by atoms with Gasteiger partial charge in [-0.25, -0.2) is 0 Å². The molecule has 3 nitrogen and oxygen atoms in total. The van der Waals surface area contributed by atoms with Gasteiger partial charge in [0.25, 0.3) is 0 Å². The molecule has 0 aromatic rings. The molecule has 0 aliphatic carbocycles. The molecule has 0 amide bonds. The van der Waals surface area contributed by atoms with E-state index in [2.05, 4.69) is 18.7 Å². The average Bonchev–Trinajstić information content (AvgIpc) is 2.53. The Morgan fingerprint density at radius 2 is 2.12 bits per heavy atom. The number of carbonyl (C=O) groups is 1. The highest BCUT2D eigenvalue weighted by atomic mass is 35.5. The van der Waals surface area contributed by atoms with Crippen LogP contribution in [0.15, 0.2) is 0 Å². The van der Waals surface area contributed by atoms with E-state index in [4.69, 9.17) is 5.11 Å². The summed E-state index contributed by atoms with van der Waals surface area (Å²) in [5, 5.41) is 8.53. The second-order valence-corrected chi connectivity index (χ2v) is 4.75. The molecular weight excluding hydrogens is 226 g/mol. The second kappa shape index (κ2) is 7.91. The van der Waals surface area contributed by atoms with Crippen molar-refractivity contribution in [2.24, 2.45) is 5.92 Å². The Balaban J connectivity index is 0.00000225. The summed E-state index contributed by atoms with van der Waals surface area (Å²) in [6, 6.07) is 0.741. The number of hydrogen-bond donors (Lipinski definition) is 1. The van der Waals surface area contributed by atoms with Gasteiger partial charge in [0.2, 0.25) is 0 Å². The lowest BCUT2D eigenvalue weighted by Crippen LogP contribution is -2.30. The molecule has 1 fully saturated rings. The summed E-state index contributed by atoms with van der Waals surface area (Å²) < 4.78 is 0. The molecule has 0 aromatic carbocycles. The van der Waals surface area contributed by atoms with Crippen molar-refractivity contribution in [3.8, 4) is 0 Å². The van der Waals surface area contributed by atoms with Crippen molar-refractivity contribution in [3.05, 3.63) is 0 Å². The molecule has 1 heterocycles. The Labute approximate surface area is 105 Å². The molecule has 1 N–H and O–H groups in total. The predicted octanol–water partition coefficient (Wildman–Crippen LogP) is 2.78. The van der Waals surface area contributed by atoms with Crippen LogP contribution in [-0.2, 0) is 4.79 Å². The second-order valence-electron chi connectivity index (χ2n) is 4.75.